The van der Waals surface area contributed by atoms with Gasteiger partial charge in [0.25, 0.3) is 0 Å². The summed E-state index contributed by atoms with van der Waals surface area (Å²) in [7, 11) is 0. The van der Waals surface area contributed by atoms with Crippen molar-refractivity contribution in [1.29, 1.82) is 0 Å². The molecule has 0 fully saturated rings. The van der Waals surface area contributed by atoms with E-state index in [0.29, 0.717) is 18.2 Å². The lowest BCUT2D eigenvalue weighted by molar-refractivity contribution is -0.137. The second-order valence-corrected chi connectivity index (χ2v) is 5.28. The molecular weight excluding hydrogens is 275 g/mol. The van der Waals surface area contributed by atoms with Crippen LogP contribution in [0, 0.1) is 0 Å². The first-order chi connectivity index (χ1) is 9.88. The van der Waals surface area contributed by atoms with E-state index in [1.54, 1.807) is 18.2 Å². The van der Waals surface area contributed by atoms with Gasteiger partial charge < -0.3 is 5.32 Å². The fourth-order valence-corrected chi connectivity index (χ4v) is 2.11. The Bertz CT molecular complexity index is 586. The molecule has 21 heavy (non-hydrogen) atoms. The largest absolute Gasteiger partial charge is 0.417 e. The Morgan fingerprint density at radius 3 is 2.14 bits per heavy atom. The highest BCUT2D eigenvalue weighted by atomic mass is 19.4. The monoisotopic (exact) mass is 293 g/mol. The van der Waals surface area contributed by atoms with Crippen molar-refractivity contribution in [3.63, 3.8) is 0 Å². The standard InChI is InChI=1S/C17H18F3N/c1-12(2)21-11-13-7-9-14(10-8-13)15-5-3-4-6-16(15)17(18,19)20/h3-10,12,21H,11H2,1-2H3. The minimum absolute atomic E-state index is 0.216. The van der Waals surface area contributed by atoms with E-state index >= 15 is 0 Å². The third kappa shape index (κ3) is 4.08. The summed E-state index contributed by atoms with van der Waals surface area (Å²) in [5.74, 6) is 0. The highest BCUT2D eigenvalue weighted by Crippen LogP contribution is 2.36. The average molecular weight is 293 g/mol. The molecular formula is C17H18F3N. The van der Waals surface area contributed by atoms with Crippen LogP contribution in [0.15, 0.2) is 48.5 Å². The third-order valence-corrected chi connectivity index (χ3v) is 3.21. The lowest BCUT2D eigenvalue weighted by Crippen LogP contribution is -2.21. The van der Waals surface area contributed by atoms with Gasteiger partial charge in [0.1, 0.15) is 0 Å². The summed E-state index contributed by atoms with van der Waals surface area (Å²) < 4.78 is 39.0. The predicted molar refractivity (Wildman–Crippen MR) is 78.9 cm³/mol. The normalized spacial score (nSPS) is 11.9. The summed E-state index contributed by atoms with van der Waals surface area (Å²) >= 11 is 0. The van der Waals surface area contributed by atoms with Crippen molar-refractivity contribution >= 4 is 0 Å². The van der Waals surface area contributed by atoms with Gasteiger partial charge in [0.05, 0.1) is 5.56 Å². The quantitative estimate of drug-likeness (QED) is 0.848. The third-order valence-electron chi connectivity index (χ3n) is 3.21. The van der Waals surface area contributed by atoms with Gasteiger partial charge in [-0.25, -0.2) is 0 Å². The lowest BCUT2D eigenvalue weighted by Gasteiger charge is -2.13. The number of benzene rings is 2. The van der Waals surface area contributed by atoms with Crippen LogP contribution in [0.25, 0.3) is 11.1 Å². The number of alkyl halides is 3. The van der Waals surface area contributed by atoms with Crippen LogP contribution < -0.4 is 5.32 Å². The van der Waals surface area contributed by atoms with Crippen molar-refractivity contribution in [3.05, 3.63) is 59.7 Å². The van der Waals surface area contributed by atoms with Gasteiger partial charge in [-0.1, -0.05) is 56.3 Å². The van der Waals surface area contributed by atoms with Gasteiger partial charge in [-0.3, -0.25) is 0 Å². The maximum absolute atomic E-state index is 13.0. The van der Waals surface area contributed by atoms with Crippen molar-refractivity contribution in [2.45, 2.75) is 32.6 Å². The van der Waals surface area contributed by atoms with Gasteiger partial charge in [0.15, 0.2) is 0 Å². The molecule has 0 unspecified atom stereocenters. The highest BCUT2D eigenvalue weighted by molar-refractivity contribution is 5.68. The summed E-state index contributed by atoms with van der Waals surface area (Å²) in [4.78, 5) is 0. The van der Waals surface area contributed by atoms with Crippen LogP contribution in [0.2, 0.25) is 0 Å². The molecule has 0 aliphatic rings. The highest BCUT2D eigenvalue weighted by Gasteiger charge is 2.33. The van der Waals surface area contributed by atoms with Gasteiger partial charge in [0.2, 0.25) is 0 Å². The van der Waals surface area contributed by atoms with E-state index in [1.807, 2.05) is 26.0 Å². The van der Waals surface area contributed by atoms with Crippen LogP contribution in [0.5, 0.6) is 0 Å². The first-order valence-electron chi connectivity index (χ1n) is 6.87. The van der Waals surface area contributed by atoms with Crippen molar-refractivity contribution in [3.8, 4) is 11.1 Å². The van der Waals surface area contributed by atoms with E-state index in [9.17, 15) is 13.2 Å². The SMILES string of the molecule is CC(C)NCc1ccc(-c2ccccc2C(F)(F)F)cc1. The molecule has 2 rings (SSSR count). The molecule has 0 spiro atoms. The minimum Gasteiger partial charge on any atom is -0.310 e. The van der Waals surface area contributed by atoms with Crippen molar-refractivity contribution in [2.24, 2.45) is 0 Å². The fraction of sp³-hybridized carbons (Fsp3) is 0.294. The van der Waals surface area contributed by atoms with E-state index in [0.717, 1.165) is 11.6 Å². The molecule has 0 heterocycles. The molecule has 0 saturated heterocycles. The molecule has 0 atom stereocenters. The van der Waals surface area contributed by atoms with Crippen molar-refractivity contribution in [1.82, 2.24) is 5.32 Å². The summed E-state index contributed by atoms with van der Waals surface area (Å²) in [5.41, 5.74) is 1.25. The molecule has 1 N–H and O–H groups in total. The Hall–Kier alpha value is -1.81. The Labute approximate surface area is 122 Å². The first-order valence-corrected chi connectivity index (χ1v) is 6.87. The zero-order chi connectivity index (χ0) is 15.5. The zero-order valence-corrected chi connectivity index (χ0v) is 12.0. The molecule has 2 aromatic carbocycles. The second-order valence-electron chi connectivity index (χ2n) is 5.28. The Morgan fingerprint density at radius 1 is 0.952 bits per heavy atom. The van der Waals surface area contributed by atoms with Crippen LogP contribution in [0.1, 0.15) is 25.0 Å². The summed E-state index contributed by atoms with van der Waals surface area (Å²) in [5, 5.41) is 3.28. The molecule has 1 nitrogen and oxygen atoms in total. The molecule has 112 valence electrons. The molecule has 0 radical (unpaired) electrons. The smallest absolute Gasteiger partial charge is 0.310 e. The van der Waals surface area contributed by atoms with Gasteiger partial charge in [-0.2, -0.15) is 13.2 Å². The van der Waals surface area contributed by atoms with E-state index < -0.39 is 11.7 Å². The van der Waals surface area contributed by atoms with Crippen LogP contribution in [-0.4, -0.2) is 6.04 Å². The van der Waals surface area contributed by atoms with Gasteiger partial charge >= 0.3 is 6.18 Å². The van der Waals surface area contributed by atoms with Crippen molar-refractivity contribution in [2.75, 3.05) is 0 Å². The van der Waals surface area contributed by atoms with E-state index in [1.165, 1.54) is 12.1 Å². The molecule has 0 amide bonds. The second kappa shape index (κ2) is 6.31. The molecule has 0 aromatic heterocycles. The topological polar surface area (TPSA) is 12.0 Å². The van der Waals surface area contributed by atoms with E-state index in [-0.39, 0.29) is 5.56 Å². The lowest BCUT2D eigenvalue weighted by atomic mass is 9.98. The Kier molecular flexibility index (Phi) is 4.68. The maximum Gasteiger partial charge on any atom is 0.417 e. The van der Waals surface area contributed by atoms with E-state index in [4.69, 9.17) is 0 Å². The summed E-state index contributed by atoms with van der Waals surface area (Å²) in [6.07, 6.45) is -4.34. The zero-order valence-electron chi connectivity index (χ0n) is 12.0. The predicted octanol–water partition coefficient (Wildman–Crippen LogP) is 4.87. The van der Waals surface area contributed by atoms with Crippen molar-refractivity contribution < 1.29 is 13.2 Å². The van der Waals surface area contributed by atoms with E-state index in [2.05, 4.69) is 5.32 Å². The van der Waals surface area contributed by atoms with Crippen LogP contribution in [0.3, 0.4) is 0 Å². The molecule has 0 aliphatic carbocycles. The summed E-state index contributed by atoms with van der Waals surface area (Å²) in [6, 6.07) is 13.2. The molecule has 2 aromatic rings. The van der Waals surface area contributed by atoms with Crippen LogP contribution >= 0.6 is 0 Å². The molecule has 0 aliphatic heterocycles. The van der Waals surface area contributed by atoms with Crippen LogP contribution in [0.4, 0.5) is 13.2 Å². The molecule has 4 heteroatoms. The van der Waals surface area contributed by atoms with Gasteiger partial charge in [0, 0.05) is 12.6 Å². The Balaban J connectivity index is 2.27. The minimum atomic E-state index is -4.34. The fourth-order valence-electron chi connectivity index (χ4n) is 2.11. The number of rotatable bonds is 4. The summed E-state index contributed by atoms with van der Waals surface area (Å²) in [6.45, 7) is 4.81. The first kappa shape index (κ1) is 15.6. The Morgan fingerprint density at radius 2 is 1.57 bits per heavy atom. The molecule has 0 saturated carbocycles. The van der Waals surface area contributed by atoms with Gasteiger partial charge in [-0.05, 0) is 22.8 Å². The number of halogens is 3. The molecule has 0 bridgehead atoms. The van der Waals surface area contributed by atoms with Crippen LogP contribution in [-0.2, 0) is 12.7 Å². The number of nitrogens with one attached hydrogen (secondary N) is 1. The average Bonchev–Trinajstić information content (AvgIpc) is 2.45. The maximum atomic E-state index is 13.0. The number of hydrogen-bond donors (Lipinski definition) is 1. The number of hydrogen-bond acceptors (Lipinski definition) is 1. The van der Waals surface area contributed by atoms with Gasteiger partial charge in [-0.15, -0.1) is 0 Å².